The first-order valence-electron chi connectivity index (χ1n) is 5.90. The molecular formula is C10H24N4O2S. The summed E-state index contributed by atoms with van der Waals surface area (Å²) < 4.78 is 21.6. The third-order valence-electron chi connectivity index (χ3n) is 2.18. The highest BCUT2D eigenvalue weighted by Gasteiger charge is 2.06. The molecule has 0 aliphatic carbocycles. The topological polar surface area (TPSA) is 87.8 Å². The highest BCUT2D eigenvalue weighted by Crippen LogP contribution is 1.93. The summed E-state index contributed by atoms with van der Waals surface area (Å²) in [6.07, 6.45) is 2.19. The summed E-state index contributed by atoms with van der Waals surface area (Å²) in [7, 11) is -1.49. The second kappa shape index (κ2) is 8.30. The monoisotopic (exact) mass is 264 g/mol. The maximum Gasteiger partial charge on any atom is 0.210 e. The number of nitrogens with two attached hydrogens (primary N) is 1. The van der Waals surface area contributed by atoms with Crippen molar-refractivity contribution in [2.75, 3.05) is 32.4 Å². The predicted octanol–water partition coefficient (Wildman–Crippen LogP) is -0.0277. The van der Waals surface area contributed by atoms with Crippen LogP contribution in [-0.4, -0.2) is 51.7 Å². The molecule has 0 aromatic carbocycles. The van der Waals surface area contributed by atoms with Gasteiger partial charge in [0.05, 0.1) is 12.3 Å². The van der Waals surface area contributed by atoms with Crippen LogP contribution < -0.4 is 10.5 Å². The lowest BCUT2D eigenvalue weighted by molar-refractivity contribution is 0.465. The molecule has 0 aliphatic rings. The van der Waals surface area contributed by atoms with E-state index < -0.39 is 10.0 Å². The summed E-state index contributed by atoms with van der Waals surface area (Å²) in [6, 6.07) is 0. The van der Waals surface area contributed by atoms with E-state index in [4.69, 9.17) is 5.14 Å². The van der Waals surface area contributed by atoms with Crippen LogP contribution in [-0.2, 0) is 10.0 Å². The number of nitrogens with zero attached hydrogens (tertiary/aromatic N) is 2. The van der Waals surface area contributed by atoms with Crippen LogP contribution in [0.3, 0.4) is 0 Å². The number of unbranched alkanes of at least 4 members (excludes halogenated alkanes) is 1. The van der Waals surface area contributed by atoms with Gasteiger partial charge in [-0.15, -0.1) is 0 Å². The Bertz CT molecular complexity index is 327. The van der Waals surface area contributed by atoms with Gasteiger partial charge in [0.15, 0.2) is 5.96 Å². The van der Waals surface area contributed by atoms with E-state index in [-0.39, 0.29) is 12.3 Å². The molecule has 0 spiro atoms. The van der Waals surface area contributed by atoms with Crippen LogP contribution in [0.25, 0.3) is 0 Å². The fourth-order valence-electron chi connectivity index (χ4n) is 1.25. The molecule has 0 amide bonds. The molecule has 0 rings (SSSR count). The molecule has 0 atom stereocenters. The van der Waals surface area contributed by atoms with E-state index in [0.717, 1.165) is 31.9 Å². The first-order valence-corrected chi connectivity index (χ1v) is 7.62. The molecular weight excluding hydrogens is 240 g/mol. The minimum atomic E-state index is -3.43. The quantitative estimate of drug-likeness (QED) is 0.499. The summed E-state index contributed by atoms with van der Waals surface area (Å²) >= 11 is 0. The zero-order valence-corrected chi connectivity index (χ0v) is 11.8. The zero-order chi connectivity index (χ0) is 13.3. The number of sulfonamides is 1. The van der Waals surface area contributed by atoms with Gasteiger partial charge in [0.25, 0.3) is 0 Å². The van der Waals surface area contributed by atoms with Crippen molar-refractivity contribution in [3.05, 3.63) is 0 Å². The third-order valence-corrected chi connectivity index (χ3v) is 2.93. The van der Waals surface area contributed by atoms with Crippen molar-refractivity contribution in [3.63, 3.8) is 0 Å². The fourth-order valence-corrected chi connectivity index (χ4v) is 1.60. The smallest absolute Gasteiger partial charge is 0.210 e. The maximum atomic E-state index is 10.8. The average molecular weight is 264 g/mol. The van der Waals surface area contributed by atoms with Gasteiger partial charge in [-0.25, -0.2) is 13.6 Å². The summed E-state index contributed by atoms with van der Waals surface area (Å²) in [5.41, 5.74) is 0. The van der Waals surface area contributed by atoms with Crippen LogP contribution in [0.15, 0.2) is 4.99 Å². The molecule has 3 N–H and O–H groups in total. The molecule has 0 aromatic heterocycles. The van der Waals surface area contributed by atoms with Gasteiger partial charge in [0.2, 0.25) is 10.0 Å². The Morgan fingerprint density at radius 3 is 2.53 bits per heavy atom. The van der Waals surface area contributed by atoms with Crippen LogP contribution >= 0.6 is 0 Å². The molecule has 0 heterocycles. The van der Waals surface area contributed by atoms with Gasteiger partial charge in [0.1, 0.15) is 0 Å². The lowest BCUT2D eigenvalue weighted by atomic mass is 10.3. The van der Waals surface area contributed by atoms with E-state index in [9.17, 15) is 8.42 Å². The van der Waals surface area contributed by atoms with Crippen molar-refractivity contribution in [1.29, 1.82) is 0 Å². The van der Waals surface area contributed by atoms with Crippen molar-refractivity contribution in [3.8, 4) is 0 Å². The van der Waals surface area contributed by atoms with Gasteiger partial charge in [-0.2, -0.15) is 0 Å². The Labute approximate surface area is 104 Å². The summed E-state index contributed by atoms with van der Waals surface area (Å²) in [5, 5.41) is 8.04. The van der Waals surface area contributed by atoms with Crippen molar-refractivity contribution in [1.82, 2.24) is 10.2 Å². The van der Waals surface area contributed by atoms with Gasteiger partial charge in [-0.05, 0) is 13.3 Å². The van der Waals surface area contributed by atoms with Gasteiger partial charge in [-0.3, -0.25) is 4.99 Å². The van der Waals surface area contributed by atoms with Crippen molar-refractivity contribution < 1.29 is 8.42 Å². The van der Waals surface area contributed by atoms with Gasteiger partial charge < -0.3 is 10.2 Å². The average Bonchev–Trinajstić information content (AvgIpc) is 2.23. The molecule has 0 unspecified atom stereocenters. The van der Waals surface area contributed by atoms with Gasteiger partial charge in [-0.1, -0.05) is 13.3 Å². The third kappa shape index (κ3) is 8.93. The molecule has 102 valence electrons. The molecule has 7 heteroatoms. The number of guanidine groups is 1. The molecule has 0 fully saturated rings. The first kappa shape index (κ1) is 16.2. The summed E-state index contributed by atoms with van der Waals surface area (Å²) in [6.45, 7) is 5.95. The standard InChI is InChI=1S/C10H24N4O2S/c1-4-6-8-14(3)10(12-5-2)13-7-9-17(11,15)16/h4-9H2,1-3H3,(H,12,13)(H2,11,15,16). The van der Waals surface area contributed by atoms with E-state index in [1.807, 2.05) is 18.9 Å². The Morgan fingerprint density at radius 1 is 1.41 bits per heavy atom. The van der Waals surface area contributed by atoms with E-state index in [2.05, 4.69) is 17.2 Å². The number of hydrogen-bond donors (Lipinski definition) is 2. The van der Waals surface area contributed by atoms with E-state index in [1.165, 1.54) is 0 Å². The highest BCUT2D eigenvalue weighted by molar-refractivity contribution is 7.89. The number of rotatable bonds is 7. The van der Waals surface area contributed by atoms with Crippen LogP contribution in [0.4, 0.5) is 0 Å². The van der Waals surface area contributed by atoms with Gasteiger partial charge >= 0.3 is 0 Å². The minimum Gasteiger partial charge on any atom is -0.357 e. The molecule has 0 radical (unpaired) electrons. The Hall–Kier alpha value is -0.820. The molecule has 0 bridgehead atoms. The summed E-state index contributed by atoms with van der Waals surface area (Å²) in [5.74, 6) is 0.605. The normalized spacial score (nSPS) is 12.6. The predicted molar refractivity (Wildman–Crippen MR) is 71.5 cm³/mol. The number of aliphatic imine (C=N–C) groups is 1. The molecule has 0 saturated heterocycles. The number of primary sulfonamides is 1. The SMILES string of the molecule is CCCCN(C)C(=NCCS(N)(=O)=O)NCC. The maximum absolute atomic E-state index is 10.8. The van der Waals surface area contributed by atoms with Crippen LogP contribution in [0.5, 0.6) is 0 Å². The lowest BCUT2D eigenvalue weighted by Gasteiger charge is -2.21. The Kier molecular flexibility index (Phi) is 7.90. The van der Waals surface area contributed by atoms with E-state index in [1.54, 1.807) is 0 Å². The van der Waals surface area contributed by atoms with Crippen molar-refractivity contribution in [2.24, 2.45) is 10.1 Å². The zero-order valence-electron chi connectivity index (χ0n) is 10.9. The lowest BCUT2D eigenvalue weighted by Crippen LogP contribution is -2.39. The van der Waals surface area contributed by atoms with Crippen LogP contribution in [0.2, 0.25) is 0 Å². The van der Waals surface area contributed by atoms with Crippen LogP contribution in [0, 0.1) is 0 Å². The second-order valence-corrected chi connectivity index (χ2v) is 5.61. The second-order valence-electron chi connectivity index (χ2n) is 3.88. The fraction of sp³-hybridized carbons (Fsp3) is 0.900. The van der Waals surface area contributed by atoms with Crippen molar-refractivity contribution in [2.45, 2.75) is 26.7 Å². The molecule has 0 saturated carbocycles. The Morgan fingerprint density at radius 2 is 2.06 bits per heavy atom. The molecule has 0 aliphatic heterocycles. The number of hydrogen-bond acceptors (Lipinski definition) is 3. The highest BCUT2D eigenvalue weighted by atomic mass is 32.2. The van der Waals surface area contributed by atoms with E-state index >= 15 is 0 Å². The van der Waals surface area contributed by atoms with Crippen LogP contribution in [0.1, 0.15) is 26.7 Å². The molecule has 17 heavy (non-hydrogen) atoms. The number of nitrogens with one attached hydrogen (secondary N) is 1. The molecule has 6 nitrogen and oxygen atoms in total. The van der Waals surface area contributed by atoms with Gasteiger partial charge in [0, 0.05) is 20.1 Å². The summed E-state index contributed by atoms with van der Waals surface area (Å²) in [4.78, 5) is 6.22. The minimum absolute atomic E-state index is 0.122. The van der Waals surface area contributed by atoms with E-state index in [0.29, 0.717) is 0 Å². The largest absolute Gasteiger partial charge is 0.357 e. The van der Waals surface area contributed by atoms with Crippen molar-refractivity contribution >= 4 is 16.0 Å². The molecule has 0 aromatic rings. The Balaban J connectivity index is 4.33. The first-order chi connectivity index (χ1) is 7.90.